The molecular weight excluding hydrogens is 588 g/mol. The van der Waals surface area contributed by atoms with Crippen molar-refractivity contribution in [3.8, 4) is 11.1 Å². The summed E-state index contributed by atoms with van der Waals surface area (Å²) in [6, 6.07) is 5.77. The molecule has 7 nitrogen and oxygen atoms in total. The van der Waals surface area contributed by atoms with Crippen LogP contribution in [0, 0.1) is 17.5 Å². The zero-order valence-corrected chi connectivity index (χ0v) is 24.7. The van der Waals surface area contributed by atoms with Gasteiger partial charge in [-0.3, -0.25) is 4.79 Å². The second kappa shape index (κ2) is 12.3. The quantitative estimate of drug-likeness (QED) is 0.343. The first-order valence-corrected chi connectivity index (χ1v) is 14.2. The number of amides is 1. The van der Waals surface area contributed by atoms with E-state index in [0.717, 1.165) is 6.07 Å². The molecule has 2 aromatic carbocycles. The van der Waals surface area contributed by atoms with Crippen LogP contribution < -0.4 is 15.1 Å². The van der Waals surface area contributed by atoms with Crippen molar-refractivity contribution in [2.24, 2.45) is 0 Å². The molecule has 2 fully saturated rings. The minimum atomic E-state index is -5.06. The van der Waals surface area contributed by atoms with E-state index in [-0.39, 0.29) is 35.6 Å². The molecule has 2 aliphatic heterocycles. The number of benzene rings is 2. The molecule has 2 aliphatic rings. The van der Waals surface area contributed by atoms with Gasteiger partial charge in [0.2, 0.25) is 0 Å². The molecule has 3 aromatic rings. The van der Waals surface area contributed by atoms with Gasteiger partial charge >= 0.3 is 6.18 Å². The van der Waals surface area contributed by atoms with Crippen molar-refractivity contribution in [2.75, 3.05) is 54.9 Å². The van der Waals surface area contributed by atoms with Crippen LogP contribution in [0.15, 0.2) is 42.6 Å². The minimum Gasteiger partial charge on any atom is -0.372 e. The van der Waals surface area contributed by atoms with E-state index in [1.165, 1.54) is 12.3 Å². The fraction of sp³-hybridized carbons (Fsp3) is 0.419. The highest BCUT2D eigenvalue weighted by molar-refractivity contribution is 6.07. The van der Waals surface area contributed by atoms with Crippen molar-refractivity contribution in [1.29, 1.82) is 0 Å². The number of halogens is 6. The molecule has 2 unspecified atom stereocenters. The number of hydrogen-bond donors (Lipinski definition) is 1. The van der Waals surface area contributed by atoms with E-state index in [1.54, 1.807) is 11.0 Å². The Hall–Kier alpha value is -3.84. The molecule has 44 heavy (non-hydrogen) atoms. The van der Waals surface area contributed by atoms with E-state index in [0.29, 0.717) is 50.7 Å². The van der Waals surface area contributed by atoms with Crippen molar-refractivity contribution in [2.45, 2.75) is 45.2 Å². The van der Waals surface area contributed by atoms with Gasteiger partial charge in [0.05, 0.1) is 34.6 Å². The molecule has 1 aromatic heterocycles. The zero-order chi connectivity index (χ0) is 31.9. The summed E-state index contributed by atoms with van der Waals surface area (Å²) in [4.78, 5) is 23.4. The summed E-state index contributed by atoms with van der Waals surface area (Å²) < 4.78 is 92.8. The number of rotatable bonds is 5. The first kappa shape index (κ1) is 31.6. The lowest BCUT2D eigenvalue weighted by Crippen LogP contribution is -2.50. The first-order chi connectivity index (χ1) is 20.7. The lowest BCUT2D eigenvalue weighted by Gasteiger charge is -2.40. The molecule has 0 bridgehead atoms. The van der Waals surface area contributed by atoms with Crippen molar-refractivity contribution in [1.82, 2.24) is 9.88 Å². The van der Waals surface area contributed by atoms with Crippen molar-refractivity contribution in [3.63, 3.8) is 0 Å². The Labute approximate surface area is 251 Å². The minimum absolute atomic E-state index is 0.0191. The smallest absolute Gasteiger partial charge is 0.372 e. The van der Waals surface area contributed by atoms with Crippen LogP contribution in [0.1, 0.15) is 36.7 Å². The fourth-order valence-corrected chi connectivity index (χ4v) is 5.72. The van der Waals surface area contributed by atoms with Crippen molar-refractivity contribution < 1.29 is 35.9 Å². The summed E-state index contributed by atoms with van der Waals surface area (Å²) >= 11 is 0. The number of carbonyl (C=O) groups is 1. The molecule has 0 aliphatic carbocycles. The Morgan fingerprint density at radius 2 is 1.66 bits per heavy atom. The van der Waals surface area contributed by atoms with Gasteiger partial charge in [0.15, 0.2) is 5.82 Å². The van der Waals surface area contributed by atoms with Gasteiger partial charge in [-0.05, 0) is 58.2 Å². The first-order valence-electron chi connectivity index (χ1n) is 14.2. The number of anilines is 3. The van der Waals surface area contributed by atoms with E-state index in [9.17, 15) is 22.4 Å². The average Bonchev–Trinajstić information content (AvgIpc) is 2.95. The maximum absolute atomic E-state index is 16.4. The Kier molecular flexibility index (Phi) is 8.81. The molecule has 5 rings (SSSR count). The lowest BCUT2D eigenvalue weighted by molar-refractivity contribution is -0.138. The third kappa shape index (κ3) is 6.48. The largest absolute Gasteiger partial charge is 0.417 e. The van der Waals surface area contributed by atoms with Crippen LogP contribution in [-0.4, -0.2) is 73.8 Å². The molecule has 3 atom stereocenters. The highest BCUT2D eigenvalue weighted by atomic mass is 19.4. The van der Waals surface area contributed by atoms with Crippen molar-refractivity contribution >= 4 is 23.1 Å². The summed E-state index contributed by atoms with van der Waals surface area (Å²) in [5, 5.41) is 2.26. The highest BCUT2D eigenvalue weighted by Gasteiger charge is 2.37. The predicted molar refractivity (Wildman–Crippen MR) is 155 cm³/mol. The Bertz CT molecular complexity index is 1520. The maximum atomic E-state index is 16.4. The summed E-state index contributed by atoms with van der Waals surface area (Å²) in [6.45, 7) is 8.18. The van der Waals surface area contributed by atoms with Crippen LogP contribution >= 0.6 is 0 Å². The van der Waals surface area contributed by atoms with Crippen LogP contribution in [-0.2, 0) is 10.9 Å². The molecule has 2 saturated heterocycles. The molecule has 0 radical (unpaired) electrons. The standard InChI is InChI=1S/C31H33F6N5O2/c1-17-14-41(10-9-40(17)4)25-12-24(33)27(20-5-8-26(38-13-20)42-15-18(2)44-19(3)16-42)28(34)29(25)39-30(43)22-7-6-21(32)11-23(22)31(35,36)37/h5-8,11-13,17-19H,9-10,14-16H2,1-4H3,(H,39,43)/t17?,18-,19?/m0/s1. The fourth-order valence-electron chi connectivity index (χ4n) is 5.72. The lowest BCUT2D eigenvalue weighted by atomic mass is 10.0. The van der Waals surface area contributed by atoms with Crippen LogP contribution in [0.5, 0.6) is 0 Å². The normalized spacial score (nSPS) is 21.5. The number of alkyl halides is 3. The number of hydrogen-bond acceptors (Lipinski definition) is 6. The summed E-state index contributed by atoms with van der Waals surface area (Å²) in [5.41, 5.74) is -3.34. The number of carbonyl (C=O) groups excluding carboxylic acids is 1. The Balaban J connectivity index is 1.56. The van der Waals surface area contributed by atoms with E-state index in [4.69, 9.17) is 4.74 Å². The topological polar surface area (TPSA) is 60.9 Å². The molecule has 0 spiro atoms. The number of ether oxygens (including phenoxy) is 1. The average molecular weight is 622 g/mol. The highest BCUT2D eigenvalue weighted by Crippen LogP contribution is 2.40. The van der Waals surface area contributed by atoms with E-state index < -0.39 is 51.9 Å². The SMILES string of the molecule is CC1CN(c2ccc(-c3c(F)cc(N4CCN(C)C(C)C4)c(NC(=O)c4ccc(F)cc4C(F)(F)F)c3F)cn2)C[C@H](C)O1. The number of likely N-dealkylation sites (N-methyl/N-ethyl adjacent to an activating group) is 1. The van der Waals surface area contributed by atoms with Crippen LogP contribution in [0.2, 0.25) is 0 Å². The van der Waals surface area contributed by atoms with Gasteiger partial charge in [-0.25, -0.2) is 18.2 Å². The zero-order valence-electron chi connectivity index (χ0n) is 24.7. The third-order valence-corrected chi connectivity index (χ3v) is 8.05. The predicted octanol–water partition coefficient (Wildman–Crippen LogP) is 6.19. The Morgan fingerprint density at radius 1 is 0.955 bits per heavy atom. The number of nitrogens with zero attached hydrogens (tertiary/aromatic N) is 4. The molecule has 3 heterocycles. The summed E-state index contributed by atoms with van der Waals surface area (Å²) in [6.07, 6.45) is -3.82. The van der Waals surface area contributed by atoms with E-state index in [2.05, 4.69) is 10.3 Å². The van der Waals surface area contributed by atoms with E-state index in [1.807, 2.05) is 37.6 Å². The number of pyridine rings is 1. The van der Waals surface area contributed by atoms with E-state index >= 15 is 8.78 Å². The second-order valence-electron chi connectivity index (χ2n) is 11.4. The third-order valence-electron chi connectivity index (χ3n) is 8.05. The van der Waals surface area contributed by atoms with Crippen molar-refractivity contribution in [3.05, 3.63) is 71.2 Å². The Morgan fingerprint density at radius 3 is 2.27 bits per heavy atom. The van der Waals surface area contributed by atoms with Gasteiger partial charge < -0.3 is 24.8 Å². The summed E-state index contributed by atoms with van der Waals surface area (Å²) in [7, 11) is 1.90. The van der Waals surface area contributed by atoms with Crippen LogP contribution in [0.25, 0.3) is 11.1 Å². The second-order valence-corrected chi connectivity index (χ2v) is 11.4. The van der Waals surface area contributed by atoms with Gasteiger partial charge in [0.25, 0.3) is 5.91 Å². The van der Waals surface area contributed by atoms with Crippen LogP contribution in [0.3, 0.4) is 0 Å². The summed E-state index contributed by atoms with van der Waals surface area (Å²) in [5.74, 6) is -4.01. The maximum Gasteiger partial charge on any atom is 0.417 e. The monoisotopic (exact) mass is 621 g/mol. The number of aromatic nitrogens is 1. The molecule has 13 heteroatoms. The van der Waals surface area contributed by atoms with Crippen LogP contribution in [0.4, 0.5) is 43.5 Å². The molecule has 0 saturated carbocycles. The number of piperazine rings is 1. The number of nitrogens with one attached hydrogen (secondary N) is 1. The van der Waals surface area contributed by atoms with Gasteiger partial charge in [-0.2, -0.15) is 13.2 Å². The number of morpholine rings is 1. The van der Waals surface area contributed by atoms with Gasteiger partial charge in [0.1, 0.15) is 23.1 Å². The molecular formula is C31H33F6N5O2. The molecule has 1 amide bonds. The van der Waals surface area contributed by atoms with Gasteiger partial charge in [-0.1, -0.05) is 0 Å². The van der Waals surface area contributed by atoms with Gasteiger partial charge in [-0.15, -0.1) is 0 Å². The van der Waals surface area contributed by atoms with Gasteiger partial charge in [0, 0.05) is 56.6 Å². The molecule has 1 N–H and O–H groups in total. The molecule has 236 valence electrons.